The highest BCUT2D eigenvalue weighted by Crippen LogP contribution is 2.26. The van der Waals surface area contributed by atoms with Crippen LogP contribution in [0.25, 0.3) is 0 Å². The minimum absolute atomic E-state index is 0.477. The van der Waals surface area contributed by atoms with E-state index >= 15 is 0 Å². The van der Waals surface area contributed by atoms with Crippen LogP contribution < -0.4 is 0 Å². The average molecular weight is 399 g/mol. The lowest BCUT2D eigenvalue weighted by Gasteiger charge is -2.34. The van der Waals surface area contributed by atoms with E-state index in [4.69, 9.17) is 0 Å². The molecule has 2 aliphatic rings. The first-order valence-corrected chi connectivity index (χ1v) is 12.0. The maximum atomic E-state index is 13.1. The Morgan fingerprint density at radius 2 is 1.54 bits per heavy atom. The molecule has 4 rings (SSSR count). The number of aryl methyl sites for hydroxylation is 3. The molecule has 150 valence electrons. The highest BCUT2D eigenvalue weighted by Gasteiger charge is 2.29. The van der Waals surface area contributed by atoms with Gasteiger partial charge < -0.3 is 4.90 Å². The van der Waals surface area contributed by atoms with Gasteiger partial charge in [-0.05, 0) is 73.9 Å². The molecule has 28 heavy (non-hydrogen) atoms. The molecule has 0 N–H and O–H groups in total. The average Bonchev–Trinajstić information content (AvgIpc) is 2.74. The van der Waals surface area contributed by atoms with E-state index in [-0.39, 0.29) is 0 Å². The molecule has 0 radical (unpaired) electrons. The van der Waals surface area contributed by atoms with Gasteiger partial charge in [0, 0.05) is 26.2 Å². The Hall–Kier alpha value is -1.69. The Bertz CT molecular complexity index is 888. The summed E-state index contributed by atoms with van der Waals surface area (Å²) < 4.78 is 27.8. The van der Waals surface area contributed by atoms with E-state index in [0.29, 0.717) is 18.0 Å². The van der Waals surface area contributed by atoms with Gasteiger partial charge in [-0.3, -0.25) is 0 Å². The van der Waals surface area contributed by atoms with Crippen molar-refractivity contribution in [2.75, 3.05) is 32.7 Å². The fourth-order valence-corrected chi connectivity index (χ4v) is 5.84. The zero-order chi connectivity index (χ0) is 19.4. The van der Waals surface area contributed by atoms with Gasteiger partial charge in [0.1, 0.15) is 0 Å². The number of hydrogen-bond donors (Lipinski definition) is 0. The van der Waals surface area contributed by atoms with Gasteiger partial charge in [-0.1, -0.05) is 36.4 Å². The SMILES string of the molecule is O=S(=O)(c1ccc2c(c1)CCCC2)N1CCN(CCCc2ccccc2)CC1. The summed E-state index contributed by atoms with van der Waals surface area (Å²) in [5.41, 5.74) is 3.93. The van der Waals surface area contributed by atoms with Crippen molar-refractivity contribution in [2.45, 2.75) is 43.4 Å². The minimum atomic E-state index is -3.38. The fourth-order valence-electron chi connectivity index (χ4n) is 4.36. The third kappa shape index (κ3) is 4.48. The summed E-state index contributed by atoms with van der Waals surface area (Å²) in [7, 11) is -3.38. The van der Waals surface area contributed by atoms with Crippen molar-refractivity contribution < 1.29 is 8.42 Å². The van der Waals surface area contributed by atoms with E-state index in [1.165, 1.54) is 23.1 Å². The summed E-state index contributed by atoms with van der Waals surface area (Å²) in [6.45, 7) is 3.84. The molecule has 0 unspecified atom stereocenters. The third-order valence-electron chi connectivity index (χ3n) is 6.07. The topological polar surface area (TPSA) is 40.6 Å². The lowest BCUT2D eigenvalue weighted by Crippen LogP contribution is -2.48. The van der Waals surface area contributed by atoms with Crippen LogP contribution in [0.4, 0.5) is 0 Å². The third-order valence-corrected chi connectivity index (χ3v) is 7.97. The summed E-state index contributed by atoms with van der Waals surface area (Å²) in [4.78, 5) is 2.87. The lowest BCUT2D eigenvalue weighted by atomic mass is 9.92. The molecule has 4 nitrogen and oxygen atoms in total. The molecular weight excluding hydrogens is 368 g/mol. The minimum Gasteiger partial charge on any atom is -0.301 e. The van der Waals surface area contributed by atoms with Crippen molar-refractivity contribution in [3.63, 3.8) is 0 Å². The zero-order valence-electron chi connectivity index (χ0n) is 16.5. The molecule has 5 heteroatoms. The van der Waals surface area contributed by atoms with Gasteiger partial charge in [0.25, 0.3) is 0 Å². The largest absolute Gasteiger partial charge is 0.301 e. The summed E-state index contributed by atoms with van der Waals surface area (Å²) in [6.07, 6.45) is 6.66. The predicted molar refractivity (Wildman–Crippen MR) is 113 cm³/mol. The van der Waals surface area contributed by atoms with Crippen molar-refractivity contribution in [1.29, 1.82) is 0 Å². The van der Waals surface area contributed by atoms with Crippen molar-refractivity contribution >= 4 is 10.0 Å². The summed E-state index contributed by atoms with van der Waals surface area (Å²) in [5.74, 6) is 0. The summed E-state index contributed by atoms with van der Waals surface area (Å²) >= 11 is 0. The van der Waals surface area contributed by atoms with Crippen LogP contribution in [-0.2, 0) is 29.3 Å². The molecule has 0 spiro atoms. The second-order valence-electron chi connectivity index (χ2n) is 7.97. The molecule has 1 aliphatic heterocycles. The second kappa shape index (κ2) is 8.76. The molecule has 1 aliphatic carbocycles. The van der Waals surface area contributed by atoms with Crippen molar-refractivity contribution in [3.05, 3.63) is 65.2 Å². The van der Waals surface area contributed by atoms with Gasteiger partial charge >= 0.3 is 0 Å². The number of sulfonamides is 1. The monoisotopic (exact) mass is 398 g/mol. The van der Waals surface area contributed by atoms with Gasteiger partial charge in [-0.25, -0.2) is 8.42 Å². The molecular formula is C23H30N2O2S. The van der Waals surface area contributed by atoms with Gasteiger partial charge in [0.2, 0.25) is 10.0 Å². The predicted octanol–water partition coefficient (Wildman–Crippen LogP) is 3.50. The van der Waals surface area contributed by atoms with Gasteiger partial charge in [-0.2, -0.15) is 4.31 Å². The quantitative estimate of drug-likeness (QED) is 0.748. The Balaban J connectivity index is 1.31. The molecule has 0 amide bonds. The Labute approximate surface area is 169 Å². The molecule has 0 aromatic heterocycles. The Morgan fingerprint density at radius 3 is 2.29 bits per heavy atom. The summed E-state index contributed by atoms with van der Waals surface area (Å²) in [5, 5.41) is 0. The fraction of sp³-hybridized carbons (Fsp3) is 0.478. The molecule has 2 aromatic rings. The molecule has 2 aromatic carbocycles. The number of fused-ring (bicyclic) bond motifs is 1. The molecule has 1 heterocycles. The first-order valence-electron chi connectivity index (χ1n) is 10.5. The van der Waals surface area contributed by atoms with Crippen molar-refractivity contribution in [3.8, 4) is 0 Å². The number of piperazine rings is 1. The van der Waals surface area contributed by atoms with Crippen LogP contribution in [-0.4, -0.2) is 50.3 Å². The van der Waals surface area contributed by atoms with E-state index in [1.54, 1.807) is 4.31 Å². The molecule has 0 saturated carbocycles. The molecule has 1 fully saturated rings. The first kappa shape index (κ1) is 19.6. The van der Waals surface area contributed by atoms with E-state index in [2.05, 4.69) is 29.2 Å². The maximum absolute atomic E-state index is 13.1. The van der Waals surface area contributed by atoms with Crippen LogP contribution in [0.1, 0.15) is 36.0 Å². The van der Waals surface area contributed by atoms with Crippen LogP contribution in [0.2, 0.25) is 0 Å². The molecule has 0 atom stereocenters. The zero-order valence-corrected chi connectivity index (χ0v) is 17.3. The van der Waals surface area contributed by atoms with Crippen LogP contribution in [0.15, 0.2) is 53.4 Å². The van der Waals surface area contributed by atoms with Crippen molar-refractivity contribution in [1.82, 2.24) is 9.21 Å². The van der Waals surface area contributed by atoms with Gasteiger partial charge in [0.15, 0.2) is 0 Å². The van der Waals surface area contributed by atoms with Crippen molar-refractivity contribution in [2.24, 2.45) is 0 Å². The smallest absolute Gasteiger partial charge is 0.243 e. The van der Waals surface area contributed by atoms with Crippen LogP contribution in [0, 0.1) is 0 Å². The maximum Gasteiger partial charge on any atom is 0.243 e. The van der Waals surface area contributed by atoms with E-state index < -0.39 is 10.0 Å². The van der Waals surface area contributed by atoms with Crippen LogP contribution in [0.3, 0.4) is 0 Å². The molecule has 1 saturated heterocycles. The standard InChI is InChI=1S/C23H30N2O2S/c26-28(27,23-13-12-21-10-4-5-11-22(21)19-23)25-17-15-24(16-18-25)14-6-9-20-7-2-1-3-8-20/h1-3,7-8,12-13,19H,4-6,9-11,14-18H2. The number of hydrogen-bond acceptors (Lipinski definition) is 3. The number of benzene rings is 2. The Morgan fingerprint density at radius 1 is 0.821 bits per heavy atom. The Kier molecular flexibility index (Phi) is 6.14. The van der Waals surface area contributed by atoms with E-state index in [1.807, 2.05) is 24.3 Å². The normalized spacial score (nSPS) is 18.7. The van der Waals surface area contributed by atoms with E-state index in [9.17, 15) is 8.42 Å². The number of nitrogens with zero attached hydrogens (tertiary/aromatic N) is 2. The van der Waals surface area contributed by atoms with E-state index in [0.717, 1.165) is 51.7 Å². The summed E-state index contributed by atoms with van der Waals surface area (Å²) in [6, 6.07) is 16.3. The lowest BCUT2D eigenvalue weighted by molar-refractivity contribution is 0.187. The second-order valence-corrected chi connectivity index (χ2v) is 9.91. The van der Waals surface area contributed by atoms with Crippen LogP contribution >= 0.6 is 0 Å². The highest BCUT2D eigenvalue weighted by atomic mass is 32.2. The van der Waals surface area contributed by atoms with Gasteiger partial charge in [-0.15, -0.1) is 0 Å². The van der Waals surface area contributed by atoms with Gasteiger partial charge in [0.05, 0.1) is 4.90 Å². The molecule has 0 bridgehead atoms. The first-order chi connectivity index (χ1) is 13.6. The highest BCUT2D eigenvalue weighted by molar-refractivity contribution is 7.89. The number of rotatable bonds is 6. The van der Waals surface area contributed by atoms with Crippen LogP contribution in [0.5, 0.6) is 0 Å².